The molecule has 18 heavy (non-hydrogen) atoms. The second-order valence-electron chi connectivity index (χ2n) is 3.94. The Hall–Kier alpha value is -0.610. The van der Waals surface area contributed by atoms with Crippen LogP contribution in [-0.2, 0) is 13.0 Å². The summed E-state index contributed by atoms with van der Waals surface area (Å²) in [6.07, 6.45) is 1.98. The van der Waals surface area contributed by atoms with Crippen molar-refractivity contribution in [2.24, 2.45) is 5.73 Å². The van der Waals surface area contributed by atoms with E-state index in [1.165, 1.54) is 0 Å². The second kappa shape index (κ2) is 6.02. The van der Waals surface area contributed by atoms with Gasteiger partial charge in [0.1, 0.15) is 5.01 Å². The summed E-state index contributed by atoms with van der Waals surface area (Å²) in [5.41, 5.74) is 7.63. The number of hydrogen-bond acceptors (Lipinski definition) is 3. The Morgan fingerprint density at radius 1 is 1.28 bits per heavy atom. The largest absolute Gasteiger partial charge is 0.326 e. The van der Waals surface area contributed by atoms with Gasteiger partial charge in [-0.15, -0.1) is 11.3 Å². The van der Waals surface area contributed by atoms with Gasteiger partial charge < -0.3 is 5.73 Å². The number of halogens is 2. The lowest BCUT2D eigenvalue weighted by molar-refractivity contribution is 0.872. The highest BCUT2D eigenvalue weighted by atomic mass is 35.5. The van der Waals surface area contributed by atoms with Gasteiger partial charge in [-0.2, -0.15) is 0 Å². The lowest BCUT2D eigenvalue weighted by Gasteiger charge is -2.02. The summed E-state index contributed by atoms with van der Waals surface area (Å²) in [6, 6.07) is 5.48. The molecule has 0 bridgehead atoms. The van der Waals surface area contributed by atoms with Gasteiger partial charge in [0.15, 0.2) is 0 Å². The van der Waals surface area contributed by atoms with E-state index in [1.807, 2.05) is 18.2 Å². The van der Waals surface area contributed by atoms with Crippen LogP contribution in [0.5, 0.6) is 0 Å². The van der Waals surface area contributed by atoms with E-state index in [4.69, 9.17) is 28.9 Å². The fourth-order valence-electron chi connectivity index (χ4n) is 1.78. The molecule has 2 aromatic rings. The highest BCUT2D eigenvalue weighted by molar-refractivity contribution is 7.15. The Morgan fingerprint density at radius 3 is 2.50 bits per heavy atom. The molecule has 1 aromatic heterocycles. The Balaban J connectivity index is 2.51. The molecule has 0 unspecified atom stereocenters. The molecular weight excluding hydrogens is 287 g/mol. The minimum atomic E-state index is 0.509. The predicted molar refractivity (Wildman–Crippen MR) is 79.5 cm³/mol. The molecule has 0 spiro atoms. The molecule has 1 heterocycles. The number of nitrogens with zero attached hydrogens (tertiary/aromatic N) is 1. The number of nitrogens with two attached hydrogens (primary N) is 1. The van der Waals surface area contributed by atoms with Crippen LogP contribution in [0.2, 0.25) is 10.0 Å². The van der Waals surface area contributed by atoms with E-state index < -0.39 is 0 Å². The Labute approximate surface area is 121 Å². The van der Waals surface area contributed by atoms with Crippen molar-refractivity contribution in [1.29, 1.82) is 0 Å². The number of thiazole rings is 1. The lowest BCUT2D eigenvalue weighted by Crippen LogP contribution is -1.97. The van der Waals surface area contributed by atoms with E-state index in [0.717, 1.165) is 34.0 Å². The summed E-state index contributed by atoms with van der Waals surface area (Å²) in [6.45, 7) is 2.64. The van der Waals surface area contributed by atoms with E-state index >= 15 is 0 Å². The molecule has 96 valence electrons. The minimum absolute atomic E-state index is 0.509. The van der Waals surface area contributed by atoms with Crippen molar-refractivity contribution < 1.29 is 0 Å². The van der Waals surface area contributed by atoms with E-state index in [0.29, 0.717) is 16.6 Å². The molecule has 0 aliphatic carbocycles. The maximum atomic E-state index is 6.20. The molecule has 0 saturated heterocycles. The maximum Gasteiger partial charge on any atom is 0.126 e. The molecule has 5 heteroatoms. The molecule has 0 aliphatic heterocycles. The van der Waals surface area contributed by atoms with E-state index in [9.17, 15) is 0 Å². The van der Waals surface area contributed by atoms with Crippen LogP contribution < -0.4 is 5.73 Å². The quantitative estimate of drug-likeness (QED) is 0.901. The Kier molecular flexibility index (Phi) is 4.62. The zero-order chi connectivity index (χ0) is 13.1. The zero-order valence-corrected chi connectivity index (χ0v) is 12.4. The van der Waals surface area contributed by atoms with Crippen LogP contribution in [-0.4, -0.2) is 4.98 Å². The van der Waals surface area contributed by atoms with Gasteiger partial charge in [0, 0.05) is 17.0 Å². The summed E-state index contributed by atoms with van der Waals surface area (Å²) in [5.74, 6) is 0. The molecule has 2 N–H and O–H groups in total. The second-order valence-corrected chi connectivity index (χ2v) is 5.84. The maximum absolute atomic E-state index is 6.20. The minimum Gasteiger partial charge on any atom is -0.326 e. The van der Waals surface area contributed by atoms with Gasteiger partial charge in [0.05, 0.1) is 15.7 Å². The molecule has 0 atom stereocenters. The number of aromatic nitrogens is 1. The number of aryl methyl sites for hydroxylation is 1. The topological polar surface area (TPSA) is 38.9 Å². The SMILES string of the molecule is CCCc1nc(-c2c(Cl)cccc2Cl)sc1CN. The summed E-state index contributed by atoms with van der Waals surface area (Å²) in [7, 11) is 0. The first kappa shape index (κ1) is 13.8. The third-order valence-corrected chi connectivity index (χ3v) is 4.39. The third-order valence-electron chi connectivity index (χ3n) is 2.63. The molecular formula is C13H14Cl2N2S. The van der Waals surface area contributed by atoms with Crippen molar-refractivity contribution in [1.82, 2.24) is 4.98 Å². The smallest absolute Gasteiger partial charge is 0.126 e. The molecule has 0 fully saturated rings. The van der Waals surface area contributed by atoms with Gasteiger partial charge in [-0.05, 0) is 18.6 Å². The summed E-state index contributed by atoms with van der Waals surface area (Å²) in [5, 5.41) is 2.11. The van der Waals surface area contributed by atoms with Crippen LogP contribution in [0, 0.1) is 0 Å². The number of hydrogen-bond donors (Lipinski definition) is 1. The van der Waals surface area contributed by atoms with Crippen LogP contribution in [0.3, 0.4) is 0 Å². The lowest BCUT2D eigenvalue weighted by atomic mass is 10.2. The first-order valence-corrected chi connectivity index (χ1v) is 7.37. The van der Waals surface area contributed by atoms with Gasteiger partial charge in [0.2, 0.25) is 0 Å². The van der Waals surface area contributed by atoms with Gasteiger partial charge >= 0.3 is 0 Å². The summed E-state index contributed by atoms with van der Waals surface area (Å²) in [4.78, 5) is 5.75. The van der Waals surface area contributed by atoms with Crippen molar-refractivity contribution in [2.45, 2.75) is 26.3 Å². The van der Waals surface area contributed by atoms with Crippen LogP contribution in [0.25, 0.3) is 10.6 Å². The summed E-state index contributed by atoms with van der Waals surface area (Å²) < 4.78 is 0. The van der Waals surface area contributed by atoms with Crippen LogP contribution in [0.4, 0.5) is 0 Å². The fraction of sp³-hybridized carbons (Fsp3) is 0.308. The standard InChI is InChI=1S/C13H14Cl2N2S/c1-2-4-10-11(7-16)18-13(17-10)12-8(14)5-3-6-9(12)15/h3,5-6H,2,4,7,16H2,1H3. The number of benzene rings is 1. The Bertz CT molecular complexity index is 532. The first-order chi connectivity index (χ1) is 8.67. The van der Waals surface area contributed by atoms with Gasteiger partial charge in [-0.25, -0.2) is 4.98 Å². The average molecular weight is 301 g/mol. The molecule has 0 amide bonds. The van der Waals surface area contributed by atoms with Crippen molar-refractivity contribution >= 4 is 34.5 Å². The zero-order valence-electron chi connectivity index (χ0n) is 10.0. The molecule has 2 nitrogen and oxygen atoms in total. The van der Waals surface area contributed by atoms with Crippen LogP contribution in [0.1, 0.15) is 23.9 Å². The highest BCUT2D eigenvalue weighted by Crippen LogP contribution is 2.38. The van der Waals surface area contributed by atoms with E-state index in [1.54, 1.807) is 11.3 Å². The molecule has 0 aliphatic rings. The van der Waals surface area contributed by atoms with Gasteiger partial charge in [0.25, 0.3) is 0 Å². The van der Waals surface area contributed by atoms with Crippen molar-refractivity contribution in [3.8, 4) is 10.6 Å². The third kappa shape index (κ3) is 2.69. The Morgan fingerprint density at radius 2 is 1.94 bits per heavy atom. The van der Waals surface area contributed by atoms with Crippen LogP contribution >= 0.6 is 34.5 Å². The average Bonchev–Trinajstić information content (AvgIpc) is 2.72. The molecule has 2 rings (SSSR count). The van der Waals surface area contributed by atoms with Crippen LogP contribution in [0.15, 0.2) is 18.2 Å². The molecule has 0 saturated carbocycles. The van der Waals surface area contributed by atoms with Gasteiger partial charge in [-0.3, -0.25) is 0 Å². The van der Waals surface area contributed by atoms with Crippen molar-refractivity contribution in [2.75, 3.05) is 0 Å². The molecule has 1 aromatic carbocycles. The number of rotatable bonds is 4. The normalized spacial score (nSPS) is 10.9. The monoisotopic (exact) mass is 300 g/mol. The highest BCUT2D eigenvalue weighted by Gasteiger charge is 2.15. The van der Waals surface area contributed by atoms with Gasteiger partial charge in [-0.1, -0.05) is 42.6 Å². The fourth-order valence-corrected chi connectivity index (χ4v) is 3.53. The van der Waals surface area contributed by atoms with E-state index in [2.05, 4.69) is 11.9 Å². The predicted octanol–water partition coefficient (Wildman–Crippen LogP) is 4.53. The van der Waals surface area contributed by atoms with Crippen molar-refractivity contribution in [3.63, 3.8) is 0 Å². The summed E-state index contributed by atoms with van der Waals surface area (Å²) >= 11 is 14.0. The first-order valence-electron chi connectivity index (χ1n) is 5.80. The molecule has 0 radical (unpaired) electrons. The van der Waals surface area contributed by atoms with Crippen molar-refractivity contribution in [3.05, 3.63) is 38.8 Å². The van der Waals surface area contributed by atoms with E-state index in [-0.39, 0.29) is 0 Å².